The zero-order valence-electron chi connectivity index (χ0n) is 10.8. The van der Waals surface area contributed by atoms with Gasteiger partial charge in [-0.05, 0) is 17.7 Å². The van der Waals surface area contributed by atoms with Crippen LogP contribution in [0.2, 0.25) is 0 Å². The standard InChI is InChI=1S/C16H14N2O2/c19-13-8-6-11(7-9-13)14-10-17-18-15(14)16(20)12-4-2-1-3-5-12/h1-9,14-15,19H,10H2/t14-,15+/m1/s1. The van der Waals surface area contributed by atoms with Crippen molar-refractivity contribution in [3.63, 3.8) is 0 Å². The van der Waals surface area contributed by atoms with E-state index in [0.29, 0.717) is 12.1 Å². The molecule has 0 amide bonds. The largest absolute Gasteiger partial charge is 0.508 e. The molecule has 4 nitrogen and oxygen atoms in total. The summed E-state index contributed by atoms with van der Waals surface area (Å²) in [5, 5.41) is 17.5. The van der Waals surface area contributed by atoms with Crippen LogP contribution in [-0.4, -0.2) is 23.5 Å². The van der Waals surface area contributed by atoms with Gasteiger partial charge in [0, 0.05) is 11.5 Å². The summed E-state index contributed by atoms with van der Waals surface area (Å²) in [5.41, 5.74) is 1.63. The molecule has 1 heterocycles. The number of ketones is 1. The average Bonchev–Trinajstić information content (AvgIpc) is 2.97. The van der Waals surface area contributed by atoms with Crippen molar-refractivity contribution in [1.82, 2.24) is 0 Å². The first kappa shape index (κ1) is 12.5. The monoisotopic (exact) mass is 266 g/mol. The van der Waals surface area contributed by atoms with E-state index in [9.17, 15) is 9.90 Å². The molecule has 2 atom stereocenters. The SMILES string of the molecule is O=C(c1ccccc1)[C@H]1N=NC[C@@H]1c1ccc(O)cc1. The normalized spacial score (nSPS) is 21.0. The van der Waals surface area contributed by atoms with Gasteiger partial charge in [-0.3, -0.25) is 4.79 Å². The molecule has 100 valence electrons. The van der Waals surface area contributed by atoms with Gasteiger partial charge in [-0.2, -0.15) is 10.2 Å². The van der Waals surface area contributed by atoms with Crippen molar-refractivity contribution in [2.75, 3.05) is 6.54 Å². The Hall–Kier alpha value is -2.49. The van der Waals surface area contributed by atoms with Crippen molar-refractivity contribution >= 4 is 5.78 Å². The lowest BCUT2D eigenvalue weighted by atomic mass is 9.88. The first-order valence-electron chi connectivity index (χ1n) is 6.50. The number of phenolic OH excluding ortho intramolecular Hbond substituents is 1. The van der Waals surface area contributed by atoms with Crippen LogP contribution in [0, 0.1) is 0 Å². The van der Waals surface area contributed by atoms with Crippen molar-refractivity contribution in [3.8, 4) is 5.75 Å². The number of hydrogen-bond donors (Lipinski definition) is 1. The summed E-state index contributed by atoms with van der Waals surface area (Å²) in [4.78, 5) is 12.5. The van der Waals surface area contributed by atoms with E-state index in [-0.39, 0.29) is 17.5 Å². The third-order valence-corrected chi connectivity index (χ3v) is 3.51. The highest BCUT2D eigenvalue weighted by molar-refractivity contribution is 6.01. The number of carbonyl (C=O) groups excluding carboxylic acids is 1. The highest BCUT2D eigenvalue weighted by Gasteiger charge is 2.33. The number of phenols is 1. The second-order valence-corrected chi connectivity index (χ2v) is 4.81. The first-order valence-corrected chi connectivity index (χ1v) is 6.50. The molecular formula is C16H14N2O2. The second kappa shape index (κ2) is 5.25. The fourth-order valence-electron chi connectivity index (χ4n) is 2.42. The maximum absolute atomic E-state index is 12.5. The van der Waals surface area contributed by atoms with Crippen molar-refractivity contribution in [1.29, 1.82) is 0 Å². The number of nitrogens with zero attached hydrogens (tertiary/aromatic N) is 2. The fraction of sp³-hybridized carbons (Fsp3) is 0.188. The maximum Gasteiger partial charge on any atom is 0.189 e. The summed E-state index contributed by atoms with van der Waals surface area (Å²) >= 11 is 0. The minimum absolute atomic E-state index is 0.00933. The fourth-order valence-corrected chi connectivity index (χ4v) is 2.42. The van der Waals surface area contributed by atoms with Gasteiger partial charge < -0.3 is 5.11 Å². The predicted molar refractivity (Wildman–Crippen MR) is 75.1 cm³/mol. The van der Waals surface area contributed by atoms with Gasteiger partial charge in [0.05, 0.1) is 6.54 Å². The maximum atomic E-state index is 12.5. The van der Waals surface area contributed by atoms with Crippen LogP contribution < -0.4 is 0 Å². The second-order valence-electron chi connectivity index (χ2n) is 4.81. The number of rotatable bonds is 3. The van der Waals surface area contributed by atoms with Crippen LogP contribution in [0.4, 0.5) is 0 Å². The number of aromatic hydroxyl groups is 1. The lowest BCUT2D eigenvalue weighted by molar-refractivity contribution is 0.0956. The smallest absolute Gasteiger partial charge is 0.189 e. The van der Waals surface area contributed by atoms with Crippen LogP contribution in [0.5, 0.6) is 5.75 Å². The summed E-state index contributed by atoms with van der Waals surface area (Å²) < 4.78 is 0. The molecule has 0 aromatic heterocycles. The molecular weight excluding hydrogens is 252 g/mol. The average molecular weight is 266 g/mol. The summed E-state index contributed by atoms with van der Waals surface area (Å²) in [5.74, 6) is 0.153. The Morgan fingerprint density at radius 3 is 2.45 bits per heavy atom. The van der Waals surface area contributed by atoms with Crippen molar-refractivity contribution in [3.05, 3.63) is 65.7 Å². The van der Waals surface area contributed by atoms with Gasteiger partial charge in [0.15, 0.2) is 5.78 Å². The molecule has 0 fully saturated rings. The van der Waals surface area contributed by atoms with Crippen molar-refractivity contribution in [2.45, 2.75) is 12.0 Å². The zero-order chi connectivity index (χ0) is 13.9. The van der Waals surface area contributed by atoms with Gasteiger partial charge in [0.1, 0.15) is 11.8 Å². The number of carbonyl (C=O) groups is 1. The van der Waals surface area contributed by atoms with Crippen LogP contribution in [0.3, 0.4) is 0 Å². The molecule has 0 unspecified atom stereocenters. The van der Waals surface area contributed by atoms with E-state index in [2.05, 4.69) is 10.2 Å². The highest BCUT2D eigenvalue weighted by atomic mass is 16.3. The molecule has 0 bridgehead atoms. The van der Waals surface area contributed by atoms with E-state index in [1.807, 2.05) is 30.3 Å². The third-order valence-electron chi connectivity index (χ3n) is 3.51. The van der Waals surface area contributed by atoms with Crippen LogP contribution in [0.15, 0.2) is 64.8 Å². The van der Waals surface area contributed by atoms with E-state index in [0.717, 1.165) is 5.56 Å². The lowest BCUT2D eigenvalue weighted by Gasteiger charge is -2.15. The summed E-state index contributed by atoms with van der Waals surface area (Å²) in [6.45, 7) is 0.508. The molecule has 0 aliphatic carbocycles. The molecule has 20 heavy (non-hydrogen) atoms. The molecule has 2 aromatic carbocycles. The van der Waals surface area contributed by atoms with Crippen molar-refractivity contribution in [2.24, 2.45) is 10.2 Å². The Morgan fingerprint density at radius 1 is 1.05 bits per heavy atom. The Bertz CT molecular complexity index is 635. The quantitative estimate of drug-likeness (QED) is 0.867. The zero-order valence-corrected chi connectivity index (χ0v) is 10.8. The van der Waals surface area contributed by atoms with Gasteiger partial charge in [-0.25, -0.2) is 0 Å². The summed E-state index contributed by atoms with van der Waals surface area (Å²) in [6.07, 6.45) is 0. The molecule has 1 aliphatic heterocycles. The Kier molecular flexibility index (Phi) is 3.29. The molecule has 0 saturated heterocycles. The molecule has 0 spiro atoms. The lowest BCUT2D eigenvalue weighted by Crippen LogP contribution is -2.24. The third kappa shape index (κ3) is 2.32. The van der Waals surface area contributed by atoms with E-state index < -0.39 is 6.04 Å². The van der Waals surface area contributed by atoms with Crippen LogP contribution >= 0.6 is 0 Å². The van der Waals surface area contributed by atoms with E-state index in [1.165, 1.54) is 0 Å². The van der Waals surface area contributed by atoms with Gasteiger partial charge in [0.2, 0.25) is 0 Å². The van der Waals surface area contributed by atoms with Crippen molar-refractivity contribution < 1.29 is 9.90 Å². The molecule has 4 heteroatoms. The molecule has 3 rings (SSSR count). The minimum Gasteiger partial charge on any atom is -0.508 e. The first-order chi connectivity index (χ1) is 9.75. The van der Waals surface area contributed by atoms with E-state index in [4.69, 9.17) is 0 Å². The highest BCUT2D eigenvalue weighted by Crippen LogP contribution is 2.30. The summed E-state index contributed by atoms with van der Waals surface area (Å²) in [7, 11) is 0. The van der Waals surface area contributed by atoms with Gasteiger partial charge >= 0.3 is 0 Å². The Labute approximate surface area is 116 Å². The van der Waals surface area contributed by atoms with E-state index >= 15 is 0 Å². The molecule has 1 N–H and O–H groups in total. The Balaban J connectivity index is 1.87. The van der Waals surface area contributed by atoms with Gasteiger partial charge in [-0.15, -0.1) is 0 Å². The number of Topliss-reactive ketones (excluding diaryl/α,β-unsaturated/α-hetero) is 1. The minimum atomic E-state index is -0.470. The molecule has 0 saturated carbocycles. The number of azo groups is 1. The number of hydrogen-bond acceptors (Lipinski definition) is 4. The van der Waals surface area contributed by atoms with Crippen LogP contribution in [0.1, 0.15) is 21.8 Å². The topological polar surface area (TPSA) is 62.0 Å². The molecule has 2 aromatic rings. The van der Waals surface area contributed by atoms with Crippen LogP contribution in [-0.2, 0) is 0 Å². The number of benzene rings is 2. The molecule has 1 aliphatic rings. The molecule has 0 radical (unpaired) electrons. The van der Waals surface area contributed by atoms with E-state index in [1.54, 1.807) is 24.3 Å². The Morgan fingerprint density at radius 2 is 1.75 bits per heavy atom. The van der Waals surface area contributed by atoms with Gasteiger partial charge in [0.25, 0.3) is 0 Å². The van der Waals surface area contributed by atoms with Gasteiger partial charge in [-0.1, -0.05) is 42.5 Å². The van der Waals surface area contributed by atoms with Crippen LogP contribution in [0.25, 0.3) is 0 Å². The predicted octanol–water partition coefficient (Wildman–Crippen LogP) is 3.19. The summed E-state index contributed by atoms with van der Waals surface area (Å²) in [6, 6.07) is 15.6.